The number of aromatic amines is 1. The molecule has 0 spiro atoms. The third kappa shape index (κ3) is 0.923. The molecule has 3 heteroatoms. The van der Waals surface area contributed by atoms with Crippen molar-refractivity contribution in [2.24, 2.45) is 0 Å². The molecular weight excluding hydrogens is 174 g/mol. The lowest BCUT2D eigenvalue weighted by Gasteiger charge is -1.91. The van der Waals surface area contributed by atoms with Gasteiger partial charge >= 0.3 is 0 Å². The van der Waals surface area contributed by atoms with Crippen molar-refractivity contribution in [1.82, 2.24) is 15.0 Å². The van der Waals surface area contributed by atoms with Gasteiger partial charge in [-0.2, -0.15) is 0 Å². The summed E-state index contributed by atoms with van der Waals surface area (Å²) in [5.74, 6) is 0. The predicted octanol–water partition coefficient (Wildman–Crippen LogP) is 2.42. The smallest absolute Gasteiger partial charge is 0.116 e. The Balaban J connectivity index is 2.57. The third-order valence-corrected chi connectivity index (χ3v) is 2.41. The topological polar surface area (TPSA) is 41.6 Å². The summed E-state index contributed by atoms with van der Waals surface area (Å²) in [7, 11) is 0. The van der Waals surface area contributed by atoms with Gasteiger partial charge < -0.3 is 4.98 Å². The van der Waals surface area contributed by atoms with E-state index in [4.69, 9.17) is 0 Å². The standard InChI is InChI=1S/C11H9N3/c1-7-2-3-8-9(4-7)14-10-5-12-6-13-11(8)10/h2-6,14H,1H3. The van der Waals surface area contributed by atoms with Crippen molar-refractivity contribution < 1.29 is 0 Å². The summed E-state index contributed by atoms with van der Waals surface area (Å²) in [6.07, 6.45) is 3.38. The Hall–Kier alpha value is -1.90. The molecule has 1 aromatic carbocycles. The maximum absolute atomic E-state index is 4.26. The molecule has 0 radical (unpaired) electrons. The lowest BCUT2D eigenvalue weighted by atomic mass is 10.2. The van der Waals surface area contributed by atoms with Gasteiger partial charge in [-0.05, 0) is 18.6 Å². The summed E-state index contributed by atoms with van der Waals surface area (Å²) in [5, 5.41) is 1.16. The molecule has 0 aliphatic carbocycles. The first-order valence-electron chi connectivity index (χ1n) is 4.52. The van der Waals surface area contributed by atoms with Crippen LogP contribution in [0.3, 0.4) is 0 Å². The molecule has 0 amide bonds. The fraction of sp³-hybridized carbons (Fsp3) is 0.0909. The van der Waals surface area contributed by atoms with Gasteiger partial charge in [0.1, 0.15) is 6.33 Å². The molecule has 0 saturated heterocycles. The van der Waals surface area contributed by atoms with Gasteiger partial charge in [0.15, 0.2) is 0 Å². The van der Waals surface area contributed by atoms with E-state index in [1.807, 2.05) is 0 Å². The van der Waals surface area contributed by atoms with Crippen molar-refractivity contribution in [3.8, 4) is 0 Å². The molecule has 0 aliphatic rings. The normalized spacial score (nSPS) is 11.2. The average Bonchev–Trinajstić information content (AvgIpc) is 2.54. The maximum atomic E-state index is 4.26. The molecule has 14 heavy (non-hydrogen) atoms. The van der Waals surface area contributed by atoms with E-state index in [1.54, 1.807) is 12.5 Å². The number of fused-ring (bicyclic) bond motifs is 3. The summed E-state index contributed by atoms with van der Waals surface area (Å²) in [6.45, 7) is 2.08. The van der Waals surface area contributed by atoms with Crippen LogP contribution in [0, 0.1) is 6.92 Å². The molecule has 0 bridgehead atoms. The molecule has 3 aromatic rings. The van der Waals surface area contributed by atoms with Crippen LogP contribution in [-0.2, 0) is 0 Å². The monoisotopic (exact) mass is 183 g/mol. The quantitative estimate of drug-likeness (QED) is 0.581. The number of rotatable bonds is 0. The van der Waals surface area contributed by atoms with E-state index in [-0.39, 0.29) is 0 Å². The number of nitrogens with zero attached hydrogens (tertiary/aromatic N) is 2. The number of hydrogen-bond donors (Lipinski definition) is 1. The summed E-state index contributed by atoms with van der Waals surface area (Å²) in [4.78, 5) is 11.5. The van der Waals surface area contributed by atoms with Crippen LogP contribution in [0.25, 0.3) is 21.9 Å². The molecule has 1 N–H and O–H groups in total. The molecule has 0 saturated carbocycles. The van der Waals surface area contributed by atoms with Gasteiger partial charge in [0.25, 0.3) is 0 Å². The highest BCUT2D eigenvalue weighted by molar-refractivity contribution is 6.04. The van der Waals surface area contributed by atoms with Gasteiger partial charge in [0, 0.05) is 10.9 Å². The van der Waals surface area contributed by atoms with E-state index in [0.29, 0.717) is 0 Å². The lowest BCUT2D eigenvalue weighted by Crippen LogP contribution is -1.75. The van der Waals surface area contributed by atoms with E-state index in [1.165, 1.54) is 5.56 Å². The molecule has 0 atom stereocenters. The van der Waals surface area contributed by atoms with Crippen LogP contribution in [0.1, 0.15) is 5.56 Å². The maximum Gasteiger partial charge on any atom is 0.116 e. The Morgan fingerprint density at radius 2 is 2.14 bits per heavy atom. The van der Waals surface area contributed by atoms with Gasteiger partial charge in [0.2, 0.25) is 0 Å². The highest BCUT2D eigenvalue weighted by atomic mass is 14.9. The molecule has 3 rings (SSSR count). The average molecular weight is 183 g/mol. The van der Waals surface area contributed by atoms with E-state index in [2.05, 4.69) is 40.1 Å². The minimum absolute atomic E-state index is 0.994. The van der Waals surface area contributed by atoms with Crippen LogP contribution >= 0.6 is 0 Å². The van der Waals surface area contributed by atoms with E-state index < -0.39 is 0 Å². The zero-order valence-electron chi connectivity index (χ0n) is 7.78. The van der Waals surface area contributed by atoms with E-state index in [9.17, 15) is 0 Å². The molecule has 68 valence electrons. The number of hydrogen-bond acceptors (Lipinski definition) is 2. The highest BCUT2D eigenvalue weighted by Gasteiger charge is 2.03. The van der Waals surface area contributed by atoms with Crippen molar-refractivity contribution in [3.63, 3.8) is 0 Å². The molecule has 0 aliphatic heterocycles. The summed E-state index contributed by atoms with van der Waals surface area (Å²) in [5.41, 5.74) is 4.36. The Morgan fingerprint density at radius 1 is 1.21 bits per heavy atom. The van der Waals surface area contributed by atoms with Crippen LogP contribution < -0.4 is 0 Å². The minimum atomic E-state index is 0.994. The Bertz CT molecular complexity index is 610. The van der Waals surface area contributed by atoms with Crippen LogP contribution in [0.2, 0.25) is 0 Å². The van der Waals surface area contributed by atoms with Gasteiger partial charge in [-0.15, -0.1) is 0 Å². The first-order valence-corrected chi connectivity index (χ1v) is 4.52. The van der Waals surface area contributed by atoms with Crippen LogP contribution in [0.5, 0.6) is 0 Å². The first-order chi connectivity index (χ1) is 6.84. The van der Waals surface area contributed by atoms with E-state index >= 15 is 0 Å². The highest BCUT2D eigenvalue weighted by Crippen LogP contribution is 2.22. The second kappa shape index (κ2) is 2.54. The number of benzene rings is 1. The van der Waals surface area contributed by atoms with Crippen molar-refractivity contribution >= 4 is 21.9 Å². The fourth-order valence-corrected chi connectivity index (χ4v) is 1.75. The second-order valence-electron chi connectivity index (χ2n) is 3.46. The predicted molar refractivity (Wildman–Crippen MR) is 56.1 cm³/mol. The van der Waals surface area contributed by atoms with Gasteiger partial charge in [-0.1, -0.05) is 12.1 Å². The largest absolute Gasteiger partial charge is 0.352 e. The second-order valence-corrected chi connectivity index (χ2v) is 3.46. The van der Waals surface area contributed by atoms with Crippen molar-refractivity contribution in [3.05, 3.63) is 36.3 Å². The SMILES string of the molecule is Cc1ccc2c(c1)[nH]c1cncnc12. The van der Waals surface area contributed by atoms with Gasteiger partial charge in [-0.25, -0.2) is 9.97 Å². The summed E-state index contributed by atoms with van der Waals surface area (Å²) < 4.78 is 0. The molecule has 0 fully saturated rings. The summed E-state index contributed by atoms with van der Waals surface area (Å²) in [6, 6.07) is 6.31. The van der Waals surface area contributed by atoms with Crippen molar-refractivity contribution in [2.75, 3.05) is 0 Å². The van der Waals surface area contributed by atoms with Gasteiger partial charge in [0.05, 0.1) is 17.2 Å². The zero-order chi connectivity index (χ0) is 9.54. The Morgan fingerprint density at radius 3 is 3.07 bits per heavy atom. The van der Waals surface area contributed by atoms with Crippen molar-refractivity contribution in [2.45, 2.75) is 6.92 Å². The third-order valence-electron chi connectivity index (χ3n) is 2.41. The fourth-order valence-electron chi connectivity index (χ4n) is 1.75. The number of aryl methyl sites for hydroxylation is 1. The first kappa shape index (κ1) is 7.50. The van der Waals surface area contributed by atoms with E-state index in [0.717, 1.165) is 21.9 Å². The molecule has 2 aromatic heterocycles. The number of H-pyrrole nitrogens is 1. The molecule has 0 unspecified atom stereocenters. The van der Waals surface area contributed by atoms with Gasteiger partial charge in [-0.3, -0.25) is 0 Å². The minimum Gasteiger partial charge on any atom is -0.352 e. The molecule has 2 heterocycles. The van der Waals surface area contributed by atoms with Crippen molar-refractivity contribution in [1.29, 1.82) is 0 Å². The Kier molecular flexibility index (Phi) is 1.36. The summed E-state index contributed by atoms with van der Waals surface area (Å²) >= 11 is 0. The molecule has 3 nitrogen and oxygen atoms in total. The van der Waals surface area contributed by atoms with Crippen LogP contribution in [0.15, 0.2) is 30.7 Å². The lowest BCUT2D eigenvalue weighted by molar-refractivity contribution is 1.22. The Labute approximate surface area is 80.8 Å². The number of nitrogens with one attached hydrogen (secondary N) is 1. The number of aromatic nitrogens is 3. The molecular formula is C11H9N3. The zero-order valence-corrected chi connectivity index (χ0v) is 7.78. The van der Waals surface area contributed by atoms with Crippen LogP contribution in [0.4, 0.5) is 0 Å². The van der Waals surface area contributed by atoms with Crippen LogP contribution in [-0.4, -0.2) is 15.0 Å².